The Morgan fingerprint density at radius 2 is 1.63 bits per heavy atom. The molecule has 0 aliphatic carbocycles. The number of nitrogens with one attached hydrogen (secondary N) is 1. The molecule has 0 bridgehead atoms. The van der Waals surface area contributed by atoms with E-state index in [1.54, 1.807) is 0 Å². The van der Waals surface area contributed by atoms with Gasteiger partial charge in [-0.3, -0.25) is 14.7 Å². The lowest BCUT2D eigenvalue weighted by atomic mass is 10.2. The molecule has 0 radical (unpaired) electrons. The minimum atomic E-state index is -0.0354. The number of hydrogen-bond donors (Lipinski definition) is 1. The molecule has 7 nitrogen and oxygen atoms in total. The molecule has 1 aromatic carbocycles. The monoisotopic (exact) mass is 415 g/mol. The van der Waals surface area contributed by atoms with Crippen molar-refractivity contribution in [1.29, 1.82) is 0 Å². The summed E-state index contributed by atoms with van der Waals surface area (Å²) in [5, 5.41) is 3.47. The van der Waals surface area contributed by atoms with Gasteiger partial charge < -0.3 is 19.9 Å². The molecule has 30 heavy (non-hydrogen) atoms. The maximum atomic E-state index is 12.7. The highest BCUT2D eigenvalue weighted by Gasteiger charge is 2.30. The first-order valence-electron chi connectivity index (χ1n) is 11.2. The van der Waals surface area contributed by atoms with Crippen LogP contribution in [-0.4, -0.2) is 85.0 Å². The second-order valence-corrected chi connectivity index (χ2v) is 8.44. The summed E-state index contributed by atoms with van der Waals surface area (Å²) in [7, 11) is 1.83. The average molecular weight is 416 g/mol. The lowest BCUT2D eigenvalue weighted by molar-refractivity contribution is -0.135. The highest BCUT2D eigenvalue weighted by Crippen LogP contribution is 2.15. The summed E-state index contributed by atoms with van der Waals surface area (Å²) < 4.78 is 5.71. The maximum absolute atomic E-state index is 12.7. The number of amides is 1. The van der Waals surface area contributed by atoms with E-state index < -0.39 is 0 Å². The SMILES string of the molecule is CN=C(NCc1ccc(OC(C)C)cc1)N1CCN(C(C)C(=O)N2CCCC2)CC1. The Bertz CT molecular complexity index is 705. The van der Waals surface area contributed by atoms with E-state index in [-0.39, 0.29) is 18.1 Å². The van der Waals surface area contributed by atoms with Crippen molar-refractivity contribution < 1.29 is 9.53 Å². The average Bonchev–Trinajstić information content (AvgIpc) is 3.29. The first-order valence-corrected chi connectivity index (χ1v) is 11.2. The third kappa shape index (κ3) is 5.88. The molecule has 2 saturated heterocycles. The number of carbonyl (C=O) groups excluding carboxylic acids is 1. The first-order chi connectivity index (χ1) is 14.5. The molecule has 0 spiro atoms. The van der Waals surface area contributed by atoms with Gasteiger partial charge in [0, 0.05) is 52.9 Å². The van der Waals surface area contributed by atoms with Crippen LogP contribution < -0.4 is 10.1 Å². The summed E-state index contributed by atoms with van der Waals surface area (Å²) in [6.45, 7) is 12.2. The third-order valence-corrected chi connectivity index (χ3v) is 5.89. The van der Waals surface area contributed by atoms with Crippen LogP contribution in [-0.2, 0) is 11.3 Å². The van der Waals surface area contributed by atoms with E-state index >= 15 is 0 Å². The predicted molar refractivity (Wildman–Crippen MR) is 121 cm³/mol. The molecular weight excluding hydrogens is 378 g/mol. The van der Waals surface area contributed by atoms with Crippen molar-refractivity contribution >= 4 is 11.9 Å². The van der Waals surface area contributed by atoms with Crippen molar-refractivity contribution in [2.45, 2.75) is 52.3 Å². The zero-order valence-electron chi connectivity index (χ0n) is 18.9. The minimum Gasteiger partial charge on any atom is -0.491 e. The van der Waals surface area contributed by atoms with E-state index in [9.17, 15) is 4.79 Å². The molecule has 1 atom stereocenters. The Balaban J connectivity index is 1.46. The van der Waals surface area contributed by atoms with E-state index in [1.807, 2.05) is 37.9 Å². The predicted octanol–water partition coefficient (Wildman–Crippen LogP) is 2.18. The van der Waals surface area contributed by atoms with E-state index in [1.165, 1.54) is 5.56 Å². The van der Waals surface area contributed by atoms with Crippen molar-refractivity contribution in [1.82, 2.24) is 20.0 Å². The second-order valence-electron chi connectivity index (χ2n) is 8.44. The fourth-order valence-corrected chi connectivity index (χ4v) is 4.15. The standard InChI is InChI=1S/C23H37N5O2/c1-18(2)30-21-9-7-20(8-10-21)17-25-23(24-4)28-15-13-26(14-16-28)19(3)22(29)27-11-5-6-12-27/h7-10,18-19H,5-6,11-17H2,1-4H3,(H,24,25). The zero-order valence-corrected chi connectivity index (χ0v) is 18.9. The van der Waals surface area contributed by atoms with Crippen LogP contribution in [0.2, 0.25) is 0 Å². The molecule has 7 heteroatoms. The van der Waals surface area contributed by atoms with Crippen molar-refractivity contribution in [2.75, 3.05) is 46.3 Å². The van der Waals surface area contributed by atoms with E-state index in [2.05, 4.69) is 39.2 Å². The molecule has 1 unspecified atom stereocenters. The van der Waals surface area contributed by atoms with E-state index in [0.717, 1.165) is 70.4 Å². The smallest absolute Gasteiger partial charge is 0.239 e. The summed E-state index contributed by atoms with van der Waals surface area (Å²) in [6.07, 6.45) is 2.46. The largest absolute Gasteiger partial charge is 0.491 e. The van der Waals surface area contributed by atoms with Gasteiger partial charge in [0.2, 0.25) is 5.91 Å². The Hall–Kier alpha value is -2.28. The van der Waals surface area contributed by atoms with Crippen LogP contribution >= 0.6 is 0 Å². The minimum absolute atomic E-state index is 0.0354. The maximum Gasteiger partial charge on any atom is 0.239 e. The van der Waals surface area contributed by atoms with Crippen LogP contribution in [0.15, 0.2) is 29.3 Å². The van der Waals surface area contributed by atoms with Gasteiger partial charge in [0.05, 0.1) is 12.1 Å². The zero-order chi connectivity index (χ0) is 21.5. The molecule has 3 rings (SSSR count). The fraction of sp³-hybridized carbons (Fsp3) is 0.652. The van der Waals surface area contributed by atoms with E-state index in [4.69, 9.17) is 4.74 Å². The molecule has 2 fully saturated rings. The Morgan fingerprint density at radius 1 is 1.00 bits per heavy atom. The Labute approximate surface area is 181 Å². The summed E-state index contributed by atoms with van der Waals surface area (Å²) >= 11 is 0. The van der Waals surface area contributed by atoms with Crippen molar-refractivity contribution in [3.05, 3.63) is 29.8 Å². The van der Waals surface area contributed by atoms with Gasteiger partial charge in [-0.2, -0.15) is 0 Å². The molecule has 1 N–H and O–H groups in total. The summed E-state index contributed by atoms with van der Waals surface area (Å²) in [4.78, 5) is 23.8. The molecule has 2 aliphatic heterocycles. The van der Waals surface area contributed by atoms with Gasteiger partial charge in [0.25, 0.3) is 0 Å². The number of aliphatic imine (C=N–C) groups is 1. The van der Waals surface area contributed by atoms with Crippen LogP contribution in [0.5, 0.6) is 5.75 Å². The number of piperazine rings is 1. The van der Waals surface area contributed by atoms with Crippen molar-refractivity contribution in [3.8, 4) is 5.75 Å². The second kappa shape index (κ2) is 10.7. The summed E-state index contributed by atoms with van der Waals surface area (Å²) in [6, 6.07) is 8.16. The topological polar surface area (TPSA) is 60.4 Å². The van der Waals surface area contributed by atoms with Gasteiger partial charge >= 0.3 is 0 Å². The number of carbonyl (C=O) groups is 1. The van der Waals surface area contributed by atoms with Gasteiger partial charge in [-0.05, 0) is 51.3 Å². The van der Waals surface area contributed by atoms with Gasteiger partial charge in [-0.25, -0.2) is 0 Å². The molecule has 166 valence electrons. The fourth-order valence-electron chi connectivity index (χ4n) is 4.15. The molecule has 0 saturated carbocycles. The van der Waals surface area contributed by atoms with Crippen LogP contribution in [0, 0.1) is 0 Å². The molecule has 1 aromatic rings. The lowest BCUT2D eigenvalue weighted by Gasteiger charge is -2.39. The number of ether oxygens (including phenoxy) is 1. The molecule has 1 amide bonds. The summed E-state index contributed by atoms with van der Waals surface area (Å²) in [5.41, 5.74) is 1.19. The van der Waals surface area contributed by atoms with Gasteiger partial charge in [-0.1, -0.05) is 12.1 Å². The van der Waals surface area contributed by atoms with Crippen LogP contribution in [0.25, 0.3) is 0 Å². The number of rotatable bonds is 6. The van der Waals surface area contributed by atoms with Crippen LogP contribution in [0.1, 0.15) is 39.2 Å². The van der Waals surface area contributed by atoms with Gasteiger partial charge in [0.1, 0.15) is 5.75 Å². The van der Waals surface area contributed by atoms with Crippen LogP contribution in [0.4, 0.5) is 0 Å². The normalized spacial score (nSPS) is 19.3. The highest BCUT2D eigenvalue weighted by atomic mass is 16.5. The molecule has 2 heterocycles. The van der Waals surface area contributed by atoms with Crippen LogP contribution in [0.3, 0.4) is 0 Å². The Morgan fingerprint density at radius 3 is 2.20 bits per heavy atom. The van der Waals surface area contributed by atoms with E-state index in [0.29, 0.717) is 0 Å². The number of nitrogens with zero attached hydrogens (tertiary/aromatic N) is 4. The third-order valence-electron chi connectivity index (χ3n) is 5.89. The van der Waals surface area contributed by atoms with Gasteiger partial charge in [0.15, 0.2) is 5.96 Å². The van der Waals surface area contributed by atoms with Crippen molar-refractivity contribution in [2.24, 2.45) is 4.99 Å². The number of likely N-dealkylation sites (tertiary alicyclic amines) is 1. The number of hydrogen-bond acceptors (Lipinski definition) is 4. The molecule has 0 aromatic heterocycles. The molecule has 2 aliphatic rings. The van der Waals surface area contributed by atoms with Gasteiger partial charge in [-0.15, -0.1) is 0 Å². The number of benzene rings is 1. The number of guanidine groups is 1. The summed E-state index contributed by atoms with van der Waals surface area (Å²) in [5.74, 6) is 2.09. The first kappa shape index (κ1) is 22.4. The Kier molecular flexibility index (Phi) is 7.96. The highest BCUT2D eigenvalue weighted by molar-refractivity contribution is 5.82. The molecular formula is C23H37N5O2. The lowest BCUT2D eigenvalue weighted by Crippen LogP contribution is -2.57. The van der Waals surface area contributed by atoms with Crippen molar-refractivity contribution in [3.63, 3.8) is 0 Å². The quantitative estimate of drug-likeness (QED) is 0.570.